The molecule has 0 fully saturated rings. The van der Waals surface area contributed by atoms with Crippen LogP contribution in [0.3, 0.4) is 0 Å². The van der Waals surface area contributed by atoms with E-state index in [2.05, 4.69) is 15.6 Å². The van der Waals surface area contributed by atoms with Crippen molar-refractivity contribution in [1.29, 1.82) is 0 Å². The van der Waals surface area contributed by atoms with Gasteiger partial charge in [0, 0.05) is 19.3 Å². The molecule has 8 heteroatoms. The van der Waals surface area contributed by atoms with Crippen LogP contribution in [0.2, 0.25) is 0 Å². The van der Waals surface area contributed by atoms with Crippen LogP contribution in [0.4, 0.5) is 4.39 Å². The first-order valence-electron chi connectivity index (χ1n) is 8.79. The number of hydrogen-bond donors (Lipinski definition) is 2. The van der Waals surface area contributed by atoms with Gasteiger partial charge in [-0.1, -0.05) is 18.2 Å². The van der Waals surface area contributed by atoms with Crippen LogP contribution >= 0.6 is 35.7 Å². The maximum atomic E-state index is 13.5. The molecule has 1 atom stereocenters. The highest BCUT2D eigenvalue weighted by Crippen LogP contribution is 2.30. The second-order valence-electron chi connectivity index (χ2n) is 6.15. The predicted octanol–water partition coefficient (Wildman–Crippen LogP) is 3.81. The third-order valence-electron chi connectivity index (χ3n) is 4.20. The smallest absolute Gasteiger partial charge is 0.191 e. The fraction of sp³-hybridized carbons (Fsp3) is 0.350. The first kappa shape index (κ1) is 22.6. The number of hydrogen-bond acceptors (Lipinski definition) is 4. The molecule has 0 saturated carbocycles. The Morgan fingerprint density at radius 2 is 1.96 bits per heavy atom. The van der Waals surface area contributed by atoms with Gasteiger partial charge in [0.2, 0.25) is 0 Å². The summed E-state index contributed by atoms with van der Waals surface area (Å²) in [5.41, 5.74) is 2.05. The molecule has 5 nitrogen and oxygen atoms in total. The molecule has 1 aliphatic rings. The van der Waals surface area contributed by atoms with Crippen LogP contribution in [0, 0.1) is 5.82 Å². The van der Waals surface area contributed by atoms with Gasteiger partial charge in [0.05, 0.1) is 6.54 Å². The number of rotatable bonds is 6. The standard InChI is InChI=1S/C20H24FN3O2S.HI/c1-22-20(23-10-14-7-8-16(21)9-15(14)13-27-2)24-11-17-12-25-18-5-3-4-6-19(18)26-17;/h3-9,17H,10-13H2,1-2H3,(H2,22,23,24);1H. The molecular weight excluding hydrogens is 492 g/mol. The number of para-hydroxylation sites is 2. The van der Waals surface area contributed by atoms with Gasteiger partial charge in [0.1, 0.15) is 18.5 Å². The highest BCUT2D eigenvalue weighted by Gasteiger charge is 2.20. The first-order chi connectivity index (χ1) is 13.2. The number of benzene rings is 2. The van der Waals surface area contributed by atoms with Gasteiger partial charge in [-0.2, -0.15) is 11.8 Å². The van der Waals surface area contributed by atoms with Gasteiger partial charge < -0.3 is 20.1 Å². The number of guanidine groups is 1. The Morgan fingerprint density at radius 3 is 2.71 bits per heavy atom. The molecule has 2 N–H and O–H groups in total. The predicted molar refractivity (Wildman–Crippen MR) is 124 cm³/mol. The number of aliphatic imine (C=N–C) groups is 1. The van der Waals surface area contributed by atoms with Crippen LogP contribution in [0.5, 0.6) is 11.5 Å². The molecule has 0 bridgehead atoms. The number of ether oxygens (including phenoxy) is 2. The third kappa shape index (κ3) is 6.16. The maximum Gasteiger partial charge on any atom is 0.191 e. The monoisotopic (exact) mass is 517 g/mol. The Kier molecular flexibility index (Phi) is 9.17. The molecule has 3 rings (SSSR count). The van der Waals surface area contributed by atoms with E-state index in [1.54, 1.807) is 24.9 Å². The van der Waals surface area contributed by atoms with Crippen molar-refractivity contribution in [2.24, 2.45) is 4.99 Å². The molecule has 0 radical (unpaired) electrons. The molecule has 0 aliphatic carbocycles. The summed E-state index contributed by atoms with van der Waals surface area (Å²) >= 11 is 1.67. The Morgan fingerprint density at radius 1 is 1.18 bits per heavy atom. The fourth-order valence-electron chi connectivity index (χ4n) is 2.83. The van der Waals surface area contributed by atoms with Gasteiger partial charge in [-0.3, -0.25) is 4.99 Å². The molecule has 0 amide bonds. The van der Waals surface area contributed by atoms with E-state index in [9.17, 15) is 4.39 Å². The lowest BCUT2D eigenvalue weighted by Gasteiger charge is -2.27. The SMILES string of the molecule is CN=C(NCc1ccc(F)cc1CSC)NCC1COc2ccccc2O1.I. The van der Waals surface area contributed by atoms with Crippen LogP contribution in [-0.4, -0.2) is 38.5 Å². The summed E-state index contributed by atoms with van der Waals surface area (Å²) in [7, 11) is 1.72. The van der Waals surface area contributed by atoms with Crippen molar-refractivity contribution in [3.63, 3.8) is 0 Å². The van der Waals surface area contributed by atoms with Crippen molar-refractivity contribution in [1.82, 2.24) is 10.6 Å². The van der Waals surface area contributed by atoms with Crippen molar-refractivity contribution in [3.8, 4) is 11.5 Å². The first-order valence-corrected chi connectivity index (χ1v) is 10.2. The average molecular weight is 517 g/mol. The lowest BCUT2D eigenvalue weighted by atomic mass is 10.1. The zero-order chi connectivity index (χ0) is 19.1. The minimum Gasteiger partial charge on any atom is -0.486 e. The molecular formula is C20H25FIN3O2S. The van der Waals surface area contributed by atoms with Crippen LogP contribution in [0.15, 0.2) is 47.5 Å². The summed E-state index contributed by atoms with van der Waals surface area (Å²) in [5, 5.41) is 6.53. The Labute approximate surface area is 186 Å². The molecule has 1 aliphatic heterocycles. The summed E-state index contributed by atoms with van der Waals surface area (Å²) in [6, 6.07) is 12.5. The van der Waals surface area contributed by atoms with Crippen molar-refractivity contribution >= 4 is 41.7 Å². The second kappa shape index (κ2) is 11.4. The molecule has 1 heterocycles. The molecule has 2 aromatic carbocycles. The van der Waals surface area contributed by atoms with E-state index in [4.69, 9.17) is 9.47 Å². The van der Waals surface area contributed by atoms with Gasteiger partial charge in [-0.15, -0.1) is 24.0 Å². The fourth-order valence-corrected chi connectivity index (χ4v) is 3.41. The van der Waals surface area contributed by atoms with Crippen LogP contribution < -0.4 is 20.1 Å². The number of nitrogens with zero attached hydrogens (tertiary/aromatic N) is 1. The van der Waals surface area contributed by atoms with Gasteiger partial charge in [-0.05, 0) is 41.6 Å². The van der Waals surface area contributed by atoms with Crippen LogP contribution in [-0.2, 0) is 12.3 Å². The van der Waals surface area contributed by atoms with Crippen molar-refractivity contribution < 1.29 is 13.9 Å². The van der Waals surface area contributed by atoms with Gasteiger partial charge in [-0.25, -0.2) is 4.39 Å². The number of halogens is 2. The second-order valence-corrected chi connectivity index (χ2v) is 7.02. The zero-order valence-electron chi connectivity index (χ0n) is 15.9. The zero-order valence-corrected chi connectivity index (χ0v) is 19.1. The summed E-state index contributed by atoms with van der Waals surface area (Å²) in [4.78, 5) is 4.24. The largest absolute Gasteiger partial charge is 0.486 e. The molecule has 0 aromatic heterocycles. The molecule has 28 heavy (non-hydrogen) atoms. The molecule has 2 aromatic rings. The van der Waals surface area contributed by atoms with E-state index in [0.29, 0.717) is 25.7 Å². The number of thioether (sulfide) groups is 1. The van der Waals surface area contributed by atoms with Crippen LogP contribution in [0.1, 0.15) is 11.1 Å². The average Bonchev–Trinajstić information content (AvgIpc) is 2.69. The van der Waals surface area contributed by atoms with Crippen molar-refractivity contribution in [2.75, 3.05) is 26.5 Å². The Balaban J connectivity index is 0.00000280. The minimum atomic E-state index is -0.208. The number of fused-ring (bicyclic) bond motifs is 1. The van der Waals surface area contributed by atoms with Gasteiger partial charge in [0.25, 0.3) is 0 Å². The summed E-state index contributed by atoms with van der Waals surface area (Å²) in [5.74, 6) is 2.75. The normalized spacial score (nSPS) is 15.5. The van der Waals surface area contributed by atoms with Crippen molar-refractivity contribution in [2.45, 2.75) is 18.4 Å². The van der Waals surface area contributed by atoms with E-state index < -0.39 is 0 Å². The van der Waals surface area contributed by atoms with Crippen molar-refractivity contribution in [3.05, 3.63) is 59.4 Å². The van der Waals surface area contributed by atoms with E-state index in [-0.39, 0.29) is 35.9 Å². The molecule has 0 spiro atoms. The van der Waals surface area contributed by atoms with E-state index in [0.717, 1.165) is 28.4 Å². The summed E-state index contributed by atoms with van der Waals surface area (Å²) < 4.78 is 25.1. The topological polar surface area (TPSA) is 54.9 Å². The number of nitrogens with one attached hydrogen (secondary N) is 2. The highest BCUT2D eigenvalue weighted by molar-refractivity contribution is 14.0. The molecule has 1 unspecified atom stereocenters. The van der Waals surface area contributed by atoms with Gasteiger partial charge >= 0.3 is 0 Å². The van der Waals surface area contributed by atoms with E-state index in [1.165, 1.54) is 6.07 Å². The molecule has 0 saturated heterocycles. The lowest BCUT2D eigenvalue weighted by Crippen LogP contribution is -2.45. The highest BCUT2D eigenvalue weighted by atomic mass is 127. The lowest BCUT2D eigenvalue weighted by molar-refractivity contribution is 0.0936. The Hall–Kier alpha value is -1.68. The van der Waals surface area contributed by atoms with Gasteiger partial charge in [0.15, 0.2) is 17.5 Å². The quantitative estimate of drug-likeness (QED) is 0.347. The van der Waals surface area contributed by atoms with E-state index >= 15 is 0 Å². The summed E-state index contributed by atoms with van der Waals surface area (Å²) in [6.45, 7) is 1.62. The third-order valence-corrected chi connectivity index (χ3v) is 4.80. The Bertz CT molecular complexity index is 807. The van der Waals surface area contributed by atoms with E-state index in [1.807, 2.05) is 36.6 Å². The van der Waals surface area contributed by atoms with Crippen LogP contribution in [0.25, 0.3) is 0 Å². The molecule has 152 valence electrons. The summed E-state index contributed by atoms with van der Waals surface area (Å²) in [6.07, 6.45) is 1.91. The minimum absolute atomic E-state index is 0. The maximum absolute atomic E-state index is 13.5.